The van der Waals surface area contributed by atoms with Gasteiger partial charge in [-0.25, -0.2) is 0 Å². The first-order valence-electron chi connectivity index (χ1n) is 6.11. The molecule has 0 saturated heterocycles. The highest BCUT2D eigenvalue weighted by Crippen LogP contribution is 2.23. The Hall–Kier alpha value is -1.71. The molecule has 1 rings (SSSR count). The van der Waals surface area contributed by atoms with Crippen molar-refractivity contribution in [1.29, 1.82) is 0 Å². The molecule has 0 aliphatic carbocycles. The van der Waals surface area contributed by atoms with Gasteiger partial charge >= 0.3 is 0 Å². The van der Waals surface area contributed by atoms with E-state index in [0.29, 0.717) is 17.1 Å². The van der Waals surface area contributed by atoms with E-state index in [0.717, 1.165) is 19.4 Å². The van der Waals surface area contributed by atoms with Gasteiger partial charge in [0.1, 0.15) is 11.5 Å². The van der Waals surface area contributed by atoms with Gasteiger partial charge in [0, 0.05) is 25.2 Å². The van der Waals surface area contributed by atoms with Gasteiger partial charge in [-0.3, -0.25) is 4.79 Å². The number of methoxy groups -OCH3 is 2. The van der Waals surface area contributed by atoms with Crippen LogP contribution in [0.25, 0.3) is 0 Å². The van der Waals surface area contributed by atoms with Crippen LogP contribution in [-0.4, -0.2) is 38.6 Å². The molecule has 0 aliphatic heterocycles. The third-order valence-corrected chi connectivity index (χ3v) is 2.79. The Morgan fingerprint density at radius 2 is 1.72 bits per heavy atom. The third kappa shape index (κ3) is 3.65. The standard InChI is InChI=1S/C14H21NO3/c1-5-6-7-15(2)14(16)11-8-12(17-3)10-13(9-11)18-4/h8-10H,5-7H2,1-4H3. The molecule has 1 aromatic rings. The molecule has 0 radical (unpaired) electrons. The number of rotatable bonds is 6. The maximum atomic E-state index is 12.2. The van der Waals surface area contributed by atoms with Gasteiger partial charge in [0.25, 0.3) is 5.91 Å². The summed E-state index contributed by atoms with van der Waals surface area (Å²) in [6, 6.07) is 5.21. The quantitative estimate of drug-likeness (QED) is 0.780. The van der Waals surface area contributed by atoms with Crippen LogP contribution in [0, 0.1) is 0 Å². The predicted octanol–water partition coefficient (Wildman–Crippen LogP) is 2.58. The molecule has 0 heterocycles. The number of carbonyl (C=O) groups excluding carboxylic acids is 1. The number of ether oxygens (including phenoxy) is 2. The number of amides is 1. The normalized spacial score (nSPS) is 10.0. The van der Waals surface area contributed by atoms with Crippen LogP contribution in [0.4, 0.5) is 0 Å². The van der Waals surface area contributed by atoms with Gasteiger partial charge in [0.05, 0.1) is 14.2 Å². The van der Waals surface area contributed by atoms with Crippen LogP contribution in [0.5, 0.6) is 11.5 Å². The van der Waals surface area contributed by atoms with E-state index in [2.05, 4.69) is 6.92 Å². The molecule has 4 nitrogen and oxygen atoms in total. The molecular formula is C14H21NO3. The lowest BCUT2D eigenvalue weighted by molar-refractivity contribution is 0.0792. The lowest BCUT2D eigenvalue weighted by Gasteiger charge is -2.17. The minimum absolute atomic E-state index is 0.0133. The fourth-order valence-corrected chi connectivity index (χ4v) is 1.65. The molecule has 4 heteroatoms. The average Bonchev–Trinajstić information content (AvgIpc) is 2.43. The fourth-order valence-electron chi connectivity index (χ4n) is 1.65. The highest BCUT2D eigenvalue weighted by molar-refractivity contribution is 5.94. The summed E-state index contributed by atoms with van der Waals surface area (Å²) >= 11 is 0. The van der Waals surface area contributed by atoms with E-state index in [1.807, 2.05) is 7.05 Å². The van der Waals surface area contributed by atoms with Crippen LogP contribution in [0.15, 0.2) is 18.2 Å². The molecule has 0 bridgehead atoms. The van der Waals surface area contributed by atoms with Crippen LogP contribution in [0.1, 0.15) is 30.1 Å². The number of carbonyl (C=O) groups is 1. The largest absolute Gasteiger partial charge is 0.497 e. The molecule has 0 N–H and O–H groups in total. The molecule has 100 valence electrons. The van der Waals surface area contributed by atoms with Crippen molar-refractivity contribution in [2.45, 2.75) is 19.8 Å². The van der Waals surface area contributed by atoms with Crippen LogP contribution in [-0.2, 0) is 0 Å². The highest BCUT2D eigenvalue weighted by Gasteiger charge is 2.13. The van der Waals surface area contributed by atoms with Crippen molar-refractivity contribution in [2.24, 2.45) is 0 Å². The number of hydrogen-bond acceptors (Lipinski definition) is 3. The van der Waals surface area contributed by atoms with Gasteiger partial charge in [-0.05, 0) is 18.6 Å². The van der Waals surface area contributed by atoms with Gasteiger partial charge < -0.3 is 14.4 Å². The van der Waals surface area contributed by atoms with Crippen molar-refractivity contribution >= 4 is 5.91 Å². The molecule has 0 fully saturated rings. The van der Waals surface area contributed by atoms with Gasteiger partial charge in [-0.2, -0.15) is 0 Å². The minimum atomic E-state index is -0.0133. The smallest absolute Gasteiger partial charge is 0.253 e. The highest BCUT2D eigenvalue weighted by atomic mass is 16.5. The summed E-state index contributed by atoms with van der Waals surface area (Å²) in [5, 5.41) is 0. The minimum Gasteiger partial charge on any atom is -0.497 e. The van der Waals surface area contributed by atoms with E-state index in [1.165, 1.54) is 0 Å². The monoisotopic (exact) mass is 251 g/mol. The van der Waals surface area contributed by atoms with Crippen molar-refractivity contribution in [1.82, 2.24) is 4.90 Å². The number of unbranched alkanes of at least 4 members (excludes halogenated alkanes) is 1. The van der Waals surface area contributed by atoms with Gasteiger partial charge in [0.15, 0.2) is 0 Å². The average molecular weight is 251 g/mol. The van der Waals surface area contributed by atoms with Crippen molar-refractivity contribution in [3.8, 4) is 11.5 Å². The van der Waals surface area contributed by atoms with E-state index in [9.17, 15) is 4.79 Å². The molecule has 18 heavy (non-hydrogen) atoms. The zero-order chi connectivity index (χ0) is 13.5. The molecule has 0 spiro atoms. The van der Waals surface area contributed by atoms with Gasteiger partial charge in [-0.1, -0.05) is 13.3 Å². The van der Waals surface area contributed by atoms with Crippen LogP contribution >= 0.6 is 0 Å². The van der Waals surface area contributed by atoms with Crippen LogP contribution in [0.3, 0.4) is 0 Å². The summed E-state index contributed by atoms with van der Waals surface area (Å²) in [6.45, 7) is 2.86. The van der Waals surface area contributed by atoms with E-state index < -0.39 is 0 Å². The van der Waals surface area contributed by atoms with E-state index >= 15 is 0 Å². The first kappa shape index (κ1) is 14.4. The second kappa shape index (κ2) is 6.89. The Balaban J connectivity index is 2.90. The van der Waals surface area contributed by atoms with Crippen molar-refractivity contribution in [3.63, 3.8) is 0 Å². The number of benzene rings is 1. The van der Waals surface area contributed by atoms with Crippen LogP contribution < -0.4 is 9.47 Å². The summed E-state index contributed by atoms with van der Waals surface area (Å²) < 4.78 is 10.3. The summed E-state index contributed by atoms with van der Waals surface area (Å²) in [4.78, 5) is 13.9. The topological polar surface area (TPSA) is 38.8 Å². The third-order valence-electron chi connectivity index (χ3n) is 2.79. The van der Waals surface area contributed by atoms with Gasteiger partial charge in [0.2, 0.25) is 0 Å². The van der Waals surface area contributed by atoms with E-state index in [-0.39, 0.29) is 5.91 Å². The lowest BCUT2D eigenvalue weighted by atomic mass is 10.1. The molecular weight excluding hydrogens is 230 g/mol. The molecule has 0 aromatic heterocycles. The zero-order valence-corrected chi connectivity index (χ0v) is 11.5. The maximum absolute atomic E-state index is 12.2. The van der Waals surface area contributed by atoms with Crippen molar-refractivity contribution in [2.75, 3.05) is 27.8 Å². The molecule has 0 unspecified atom stereocenters. The zero-order valence-electron chi connectivity index (χ0n) is 11.5. The summed E-state index contributed by atoms with van der Waals surface area (Å²) in [7, 11) is 4.96. The van der Waals surface area contributed by atoms with E-state index in [1.54, 1.807) is 37.3 Å². The molecule has 1 aromatic carbocycles. The summed E-state index contributed by atoms with van der Waals surface area (Å²) in [6.07, 6.45) is 2.07. The lowest BCUT2D eigenvalue weighted by Crippen LogP contribution is -2.27. The Bertz CT molecular complexity index is 382. The SMILES string of the molecule is CCCCN(C)C(=O)c1cc(OC)cc(OC)c1. The number of hydrogen-bond donors (Lipinski definition) is 0. The Labute approximate surface area is 108 Å². The molecule has 0 atom stereocenters. The van der Waals surface area contributed by atoms with Crippen molar-refractivity contribution in [3.05, 3.63) is 23.8 Å². The molecule has 0 saturated carbocycles. The number of nitrogens with zero attached hydrogens (tertiary/aromatic N) is 1. The first-order valence-corrected chi connectivity index (χ1v) is 6.11. The maximum Gasteiger partial charge on any atom is 0.253 e. The van der Waals surface area contributed by atoms with Gasteiger partial charge in [-0.15, -0.1) is 0 Å². The second-order valence-corrected chi connectivity index (χ2v) is 4.18. The Morgan fingerprint density at radius 3 is 2.17 bits per heavy atom. The Kier molecular flexibility index (Phi) is 5.49. The van der Waals surface area contributed by atoms with Crippen molar-refractivity contribution < 1.29 is 14.3 Å². The molecule has 0 aliphatic rings. The molecule has 1 amide bonds. The fraction of sp³-hybridized carbons (Fsp3) is 0.500. The van der Waals surface area contributed by atoms with Crippen LogP contribution in [0.2, 0.25) is 0 Å². The Morgan fingerprint density at radius 1 is 1.17 bits per heavy atom. The summed E-state index contributed by atoms with van der Waals surface area (Å²) in [5.74, 6) is 1.24. The van der Waals surface area contributed by atoms with E-state index in [4.69, 9.17) is 9.47 Å². The second-order valence-electron chi connectivity index (χ2n) is 4.18. The summed E-state index contributed by atoms with van der Waals surface area (Å²) in [5.41, 5.74) is 0.588. The first-order chi connectivity index (χ1) is 8.62. The predicted molar refractivity (Wildman–Crippen MR) is 71.4 cm³/mol.